The van der Waals surface area contributed by atoms with Crippen LogP contribution >= 0.6 is 0 Å². The maximum absolute atomic E-state index is 13.6. The SMILES string of the molecule is COc1ccc(CNc2cccc(F)c2C(N)=O)cc1N. The minimum Gasteiger partial charge on any atom is -0.495 e. The number of nitrogen functional groups attached to an aromatic ring is 1. The quantitative estimate of drug-likeness (QED) is 0.735. The summed E-state index contributed by atoms with van der Waals surface area (Å²) < 4.78 is 18.7. The molecule has 0 heterocycles. The fraction of sp³-hybridized carbons (Fsp3) is 0.133. The molecule has 2 rings (SSSR count). The summed E-state index contributed by atoms with van der Waals surface area (Å²) in [6.45, 7) is 0.373. The van der Waals surface area contributed by atoms with Crippen molar-refractivity contribution in [2.75, 3.05) is 18.2 Å². The standard InChI is InChI=1S/C15H16FN3O2/c1-21-13-6-5-9(7-11(13)17)8-19-12-4-2-3-10(16)14(12)15(18)20/h2-7,19H,8,17H2,1H3,(H2,18,20). The van der Waals surface area contributed by atoms with Gasteiger partial charge in [0, 0.05) is 6.54 Å². The summed E-state index contributed by atoms with van der Waals surface area (Å²) in [7, 11) is 1.54. The minimum atomic E-state index is -0.815. The monoisotopic (exact) mass is 289 g/mol. The largest absolute Gasteiger partial charge is 0.495 e. The van der Waals surface area contributed by atoms with Gasteiger partial charge in [-0.25, -0.2) is 4.39 Å². The molecule has 5 nitrogen and oxygen atoms in total. The van der Waals surface area contributed by atoms with Gasteiger partial charge in [-0.05, 0) is 29.8 Å². The van der Waals surface area contributed by atoms with E-state index < -0.39 is 11.7 Å². The molecule has 0 atom stereocenters. The van der Waals surface area contributed by atoms with Crippen LogP contribution < -0.4 is 21.5 Å². The predicted octanol–water partition coefficient (Wildman–Crippen LogP) is 2.13. The molecular weight excluding hydrogens is 273 g/mol. The number of benzene rings is 2. The Labute approximate surface area is 121 Å². The zero-order chi connectivity index (χ0) is 15.4. The van der Waals surface area contributed by atoms with Gasteiger partial charge in [-0.1, -0.05) is 12.1 Å². The summed E-state index contributed by atoms with van der Waals surface area (Å²) in [5.74, 6) is -0.881. The smallest absolute Gasteiger partial charge is 0.253 e. The van der Waals surface area contributed by atoms with Gasteiger partial charge in [0.2, 0.25) is 0 Å². The Morgan fingerprint density at radius 2 is 2.10 bits per heavy atom. The van der Waals surface area contributed by atoms with Crippen molar-refractivity contribution in [3.63, 3.8) is 0 Å². The number of primary amides is 1. The van der Waals surface area contributed by atoms with Gasteiger partial charge in [0.15, 0.2) is 0 Å². The maximum Gasteiger partial charge on any atom is 0.253 e. The van der Waals surface area contributed by atoms with Crippen LogP contribution in [-0.2, 0) is 6.54 Å². The highest BCUT2D eigenvalue weighted by atomic mass is 19.1. The number of amides is 1. The third-order valence-electron chi connectivity index (χ3n) is 3.04. The zero-order valence-corrected chi connectivity index (χ0v) is 11.5. The van der Waals surface area contributed by atoms with Crippen molar-refractivity contribution in [2.24, 2.45) is 5.73 Å². The van der Waals surface area contributed by atoms with Crippen LogP contribution in [0.3, 0.4) is 0 Å². The summed E-state index contributed by atoms with van der Waals surface area (Å²) in [5, 5.41) is 2.98. The molecule has 0 fully saturated rings. The highest BCUT2D eigenvalue weighted by Gasteiger charge is 2.13. The average molecular weight is 289 g/mol. The second-order valence-electron chi connectivity index (χ2n) is 4.46. The summed E-state index contributed by atoms with van der Waals surface area (Å²) in [4.78, 5) is 11.3. The average Bonchev–Trinajstić information content (AvgIpc) is 2.44. The lowest BCUT2D eigenvalue weighted by Gasteiger charge is -2.12. The van der Waals surface area contributed by atoms with Crippen LogP contribution in [0, 0.1) is 5.82 Å². The van der Waals surface area contributed by atoms with Crippen LogP contribution in [0.15, 0.2) is 36.4 Å². The molecule has 6 heteroatoms. The first-order valence-corrected chi connectivity index (χ1v) is 6.27. The number of carbonyl (C=O) groups excluding carboxylic acids is 1. The first-order valence-electron chi connectivity index (χ1n) is 6.27. The molecule has 21 heavy (non-hydrogen) atoms. The van der Waals surface area contributed by atoms with Crippen LogP contribution in [0.5, 0.6) is 5.75 Å². The molecule has 0 radical (unpaired) electrons. The third-order valence-corrected chi connectivity index (χ3v) is 3.04. The van der Waals surface area contributed by atoms with E-state index in [2.05, 4.69) is 5.32 Å². The van der Waals surface area contributed by atoms with Crippen LogP contribution in [0.25, 0.3) is 0 Å². The van der Waals surface area contributed by atoms with Gasteiger partial charge in [0.25, 0.3) is 5.91 Å². The molecule has 0 aliphatic rings. The van der Waals surface area contributed by atoms with Gasteiger partial charge in [-0.15, -0.1) is 0 Å². The molecule has 2 aromatic carbocycles. The van der Waals surface area contributed by atoms with Gasteiger partial charge < -0.3 is 21.5 Å². The number of nitrogens with one attached hydrogen (secondary N) is 1. The number of rotatable bonds is 5. The minimum absolute atomic E-state index is 0.154. The summed E-state index contributed by atoms with van der Waals surface area (Å²) in [6, 6.07) is 9.60. The van der Waals surface area contributed by atoms with Crippen LogP contribution in [0.4, 0.5) is 15.8 Å². The Bertz CT molecular complexity index is 674. The van der Waals surface area contributed by atoms with Crippen molar-refractivity contribution in [1.29, 1.82) is 0 Å². The molecule has 0 saturated carbocycles. The number of ether oxygens (including phenoxy) is 1. The Morgan fingerprint density at radius 1 is 1.33 bits per heavy atom. The molecule has 1 amide bonds. The Balaban J connectivity index is 2.19. The molecule has 0 unspecified atom stereocenters. The normalized spacial score (nSPS) is 10.2. The zero-order valence-electron chi connectivity index (χ0n) is 11.5. The van der Waals surface area contributed by atoms with E-state index in [-0.39, 0.29) is 5.56 Å². The number of halogens is 1. The van der Waals surface area contributed by atoms with E-state index in [1.54, 1.807) is 18.2 Å². The molecule has 0 aliphatic carbocycles. The second-order valence-corrected chi connectivity index (χ2v) is 4.46. The molecule has 2 aromatic rings. The lowest BCUT2D eigenvalue weighted by atomic mass is 10.1. The molecule has 110 valence electrons. The Kier molecular flexibility index (Phi) is 4.27. The lowest BCUT2D eigenvalue weighted by molar-refractivity contribution is 0.0997. The number of hydrogen-bond acceptors (Lipinski definition) is 4. The number of hydrogen-bond donors (Lipinski definition) is 3. The van der Waals surface area contributed by atoms with E-state index >= 15 is 0 Å². The van der Waals surface area contributed by atoms with Crippen molar-refractivity contribution < 1.29 is 13.9 Å². The molecule has 0 spiro atoms. The summed E-state index contributed by atoms with van der Waals surface area (Å²) in [5.41, 5.74) is 12.6. The first kappa shape index (κ1) is 14.6. The van der Waals surface area contributed by atoms with Crippen molar-refractivity contribution in [3.05, 3.63) is 53.3 Å². The van der Waals surface area contributed by atoms with Crippen LogP contribution in [0.2, 0.25) is 0 Å². The van der Waals surface area contributed by atoms with Gasteiger partial charge >= 0.3 is 0 Å². The van der Waals surface area contributed by atoms with Crippen molar-refractivity contribution >= 4 is 17.3 Å². The van der Waals surface area contributed by atoms with Gasteiger partial charge in [0.1, 0.15) is 11.6 Å². The topological polar surface area (TPSA) is 90.4 Å². The van der Waals surface area contributed by atoms with E-state index in [1.807, 2.05) is 6.07 Å². The molecule has 0 aliphatic heterocycles. The number of methoxy groups -OCH3 is 1. The Hall–Kier alpha value is -2.76. The summed E-state index contributed by atoms with van der Waals surface area (Å²) in [6.07, 6.45) is 0. The number of carbonyl (C=O) groups is 1. The van der Waals surface area contributed by atoms with Crippen molar-refractivity contribution in [1.82, 2.24) is 0 Å². The second kappa shape index (κ2) is 6.13. The van der Waals surface area contributed by atoms with Crippen LogP contribution in [0.1, 0.15) is 15.9 Å². The van der Waals surface area contributed by atoms with Gasteiger partial charge in [0.05, 0.1) is 24.0 Å². The maximum atomic E-state index is 13.6. The molecular formula is C15H16FN3O2. The Morgan fingerprint density at radius 3 is 2.71 bits per heavy atom. The fourth-order valence-corrected chi connectivity index (χ4v) is 2.01. The van der Waals surface area contributed by atoms with E-state index in [4.69, 9.17) is 16.2 Å². The van der Waals surface area contributed by atoms with Crippen LogP contribution in [-0.4, -0.2) is 13.0 Å². The molecule has 5 N–H and O–H groups in total. The fourth-order valence-electron chi connectivity index (χ4n) is 2.01. The third kappa shape index (κ3) is 3.22. The van der Waals surface area contributed by atoms with Crippen molar-refractivity contribution in [2.45, 2.75) is 6.54 Å². The van der Waals surface area contributed by atoms with E-state index in [9.17, 15) is 9.18 Å². The number of anilines is 2. The van der Waals surface area contributed by atoms with E-state index in [1.165, 1.54) is 19.2 Å². The van der Waals surface area contributed by atoms with E-state index in [0.717, 1.165) is 5.56 Å². The summed E-state index contributed by atoms with van der Waals surface area (Å²) >= 11 is 0. The highest BCUT2D eigenvalue weighted by Crippen LogP contribution is 2.23. The first-order chi connectivity index (χ1) is 10.0. The molecule has 0 saturated heterocycles. The molecule has 0 bridgehead atoms. The predicted molar refractivity (Wildman–Crippen MR) is 79.7 cm³/mol. The van der Waals surface area contributed by atoms with E-state index in [0.29, 0.717) is 23.7 Å². The highest BCUT2D eigenvalue weighted by molar-refractivity contribution is 5.98. The van der Waals surface area contributed by atoms with Gasteiger partial charge in [-0.2, -0.15) is 0 Å². The lowest BCUT2D eigenvalue weighted by Crippen LogP contribution is -2.16. The van der Waals surface area contributed by atoms with Crippen molar-refractivity contribution in [3.8, 4) is 5.75 Å². The number of nitrogens with two attached hydrogens (primary N) is 2. The molecule has 0 aromatic heterocycles. The van der Waals surface area contributed by atoms with Gasteiger partial charge in [-0.3, -0.25) is 4.79 Å².